The largest absolute Gasteiger partial charge is 0.466 e. The molecule has 0 saturated heterocycles. The van der Waals surface area contributed by atoms with Gasteiger partial charge in [-0.3, -0.25) is 9.59 Å². The second kappa shape index (κ2) is 69.1. The van der Waals surface area contributed by atoms with Gasteiger partial charge < -0.3 is 20.3 Å². The molecule has 6 nitrogen and oxygen atoms in total. The van der Waals surface area contributed by atoms with Crippen molar-refractivity contribution >= 4 is 11.9 Å². The zero-order valence-corrected chi connectivity index (χ0v) is 53.9. The number of nitrogens with one attached hydrogen (secondary N) is 1. The normalized spacial score (nSPS) is 12.5. The molecule has 2 unspecified atom stereocenters. The summed E-state index contributed by atoms with van der Waals surface area (Å²) in [6, 6.07) is -0.631. The molecule has 0 rings (SSSR count). The Labute approximate surface area is 495 Å². The van der Waals surface area contributed by atoms with Gasteiger partial charge in [-0.15, -0.1) is 0 Å². The topological polar surface area (TPSA) is 95.9 Å². The smallest absolute Gasteiger partial charge is 0.305 e. The number of hydrogen-bond donors (Lipinski definition) is 3. The second-order valence-corrected chi connectivity index (χ2v) is 25.3. The molecular formula is C73H143NO5. The number of amides is 1. The summed E-state index contributed by atoms with van der Waals surface area (Å²) in [5.41, 5.74) is 0. The number of unbranched alkanes of at least 4 members (excludes halogenated alkanes) is 58. The van der Waals surface area contributed by atoms with Gasteiger partial charge in [0.2, 0.25) is 5.91 Å². The van der Waals surface area contributed by atoms with Crippen molar-refractivity contribution < 1.29 is 24.5 Å². The van der Waals surface area contributed by atoms with Crippen molar-refractivity contribution in [2.75, 3.05) is 13.2 Å². The Bertz CT molecular complexity index is 1190. The van der Waals surface area contributed by atoms with Crippen LogP contribution < -0.4 is 5.32 Å². The summed E-state index contributed by atoms with van der Waals surface area (Å²) in [4.78, 5) is 24.7. The van der Waals surface area contributed by atoms with Crippen LogP contribution in [-0.4, -0.2) is 47.4 Å². The van der Waals surface area contributed by atoms with E-state index in [1.807, 2.05) is 6.08 Å². The van der Waals surface area contributed by atoms with Crippen LogP contribution in [0.1, 0.15) is 418 Å². The molecule has 0 aliphatic heterocycles. The van der Waals surface area contributed by atoms with Gasteiger partial charge >= 0.3 is 5.97 Å². The summed E-state index contributed by atoms with van der Waals surface area (Å²) < 4.78 is 5.51. The Morgan fingerprint density at radius 3 is 0.861 bits per heavy atom. The van der Waals surface area contributed by atoms with Crippen molar-refractivity contribution in [1.82, 2.24) is 5.32 Å². The summed E-state index contributed by atoms with van der Waals surface area (Å²) in [7, 11) is 0. The molecule has 0 bridgehead atoms. The van der Waals surface area contributed by atoms with Crippen LogP contribution in [-0.2, 0) is 14.3 Å². The van der Waals surface area contributed by atoms with Gasteiger partial charge in [0.25, 0.3) is 0 Å². The lowest BCUT2D eigenvalue weighted by Gasteiger charge is -2.20. The number of hydrogen-bond acceptors (Lipinski definition) is 5. The highest BCUT2D eigenvalue weighted by molar-refractivity contribution is 5.76. The van der Waals surface area contributed by atoms with Gasteiger partial charge in [0, 0.05) is 12.8 Å². The molecule has 0 aromatic carbocycles. The van der Waals surface area contributed by atoms with Gasteiger partial charge in [-0.2, -0.15) is 0 Å². The lowest BCUT2D eigenvalue weighted by atomic mass is 10.0. The van der Waals surface area contributed by atoms with Crippen LogP contribution in [0, 0.1) is 0 Å². The van der Waals surface area contributed by atoms with E-state index in [9.17, 15) is 19.8 Å². The van der Waals surface area contributed by atoms with Gasteiger partial charge in [-0.25, -0.2) is 0 Å². The maximum absolute atomic E-state index is 12.5. The molecule has 0 heterocycles. The summed E-state index contributed by atoms with van der Waals surface area (Å²) >= 11 is 0. The van der Waals surface area contributed by atoms with Crippen LogP contribution in [0.3, 0.4) is 0 Å². The summed E-state index contributed by atoms with van der Waals surface area (Å²) in [6.07, 6.45) is 85.8. The van der Waals surface area contributed by atoms with E-state index in [1.165, 1.54) is 353 Å². The number of ether oxygens (including phenoxy) is 1. The fourth-order valence-corrected chi connectivity index (χ4v) is 11.8. The number of aliphatic hydroxyl groups is 2. The average molecular weight is 1110 g/mol. The molecule has 0 spiro atoms. The first-order valence-electron chi connectivity index (χ1n) is 36.5. The molecule has 0 aliphatic carbocycles. The number of aliphatic hydroxyl groups excluding tert-OH is 2. The summed E-state index contributed by atoms with van der Waals surface area (Å²) in [6.45, 7) is 4.95. The van der Waals surface area contributed by atoms with E-state index >= 15 is 0 Å². The maximum Gasteiger partial charge on any atom is 0.305 e. The minimum absolute atomic E-state index is 0.0146. The van der Waals surface area contributed by atoms with Crippen molar-refractivity contribution in [1.29, 1.82) is 0 Å². The van der Waals surface area contributed by atoms with Gasteiger partial charge in [0.1, 0.15) is 0 Å². The lowest BCUT2D eigenvalue weighted by Crippen LogP contribution is -2.45. The zero-order chi connectivity index (χ0) is 57.1. The van der Waals surface area contributed by atoms with E-state index in [4.69, 9.17) is 4.74 Å². The predicted octanol–water partition coefficient (Wildman–Crippen LogP) is 23.5. The first kappa shape index (κ1) is 77.6. The minimum Gasteiger partial charge on any atom is -0.466 e. The van der Waals surface area contributed by atoms with Crippen LogP contribution in [0.4, 0.5) is 0 Å². The first-order chi connectivity index (χ1) is 39.0. The zero-order valence-electron chi connectivity index (χ0n) is 53.9. The van der Waals surface area contributed by atoms with Crippen LogP contribution in [0.5, 0.6) is 0 Å². The molecule has 6 heteroatoms. The van der Waals surface area contributed by atoms with Crippen LogP contribution in [0.2, 0.25) is 0 Å². The molecule has 0 fully saturated rings. The molecule has 470 valence electrons. The molecule has 1 amide bonds. The number of esters is 1. The predicted molar refractivity (Wildman–Crippen MR) is 347 cm³/mol. The highest BCUT2D eigenvalue weighted by atomic mass is 16.5. The maximum atomic E-state index is 12.5. The third-order valence-corrected chi connectivity index (χ3v) is 17.3. The molecule has 0 saturated carbocycles. The van der Waals surface area contributed by atoms with E-state index < -0.39 is 12.1 Å². The summed E-state index contributed by atoms with van der Waals surface area (Å²) in [5, 5.41) is 23.3. The van der Waals surface area contributed by atoms with Crippen molar-refractivity contribution in [3.8, 4) is 0 Å². The lowest BCUT2D eigenvalue weighted by molar-refractivity contribution is -0.143. The van der Waals surface area contributed by atoms with Gasteiger partial charge in [0.05, 0.1) is 25.4 Å². The molecule has 0 aromatic heterocycles. The Morgan fingerprint density at radius 1 is 0.342 bits per heavy atom. The molecule has 2 atom stereocenters. The van der Waals surface area contributed by atoms with Gasteiger partial charge in [0.15, 0.2) is 0 Å². The first-order valence-corrected chi connectivity index (χ1v) is 36.5. The minimum atomic E-state index is -0.847. The number of carbonyl (C=O) groups excluding carboxylic acids is 2. The third-order valence-electron chi connectivity index (χ3n) is 17.3. The number of rotatable bonds is 69. The average Bonchev–Trinajstić information content (AvgIpc) is 3.45. The molecule has 79 heavy (non-hydrogen) atoms. The molecule has 0 aliphatic rings. The van der Waals surface area contributed by atoms with E-state index in [2.05, 4.69) is 19.2 Å². The van der Waals surface area contributed by atoms with E-state index in [-0.39, 0.29) is 18.5 Å². The fraction of sp³-hybridized carbons (Fsp3) is 0.945. The third kappa shape index (κ3) is 65.6. The molecular weight excluding hydrogens is 971 g/mol. The van der Waals surface area contributed by atoms with Crippen molar-refractivity contribution in [2.24, 2.45) is 0 Å². The van der Waals surface area contributed by atoms with Crippen molar-refractivity contribution in [3.05, 3.63) is 12.2 Å². The number of carbonyl (C=O) groups is 2. The standard InChI is InChI=1S/C73H143NO5/c1-3-5-7-9-11-13-15-17-19-21-23-24-25-26-27-30-33-37-41-45-49-53-57-61-65-71(76)70(69-75)74-72(77)66-62-58-54-50-46-42-38-34-31-28-32-36-40-44-48-52-56-60-64-68-79-73(78)67-63-59-55-51-47-43-39-35-29-22-20-18-16-14-12-10-8-6-4-2/h61,65,70-71,75-76H,3-60,62-64,66-69H2,1-2H3,(H,74,77)/b65-61+. The van der Waals surface area contributed by atoms with Crippen LogP contribution >= 0.6 is 0 Å². The highest BCUT2D eigenvalue weighted by Crippen LogP contribution is 2.19. The Kier molecular flexibility index (Phi) is 67.9. The van der Waals surface area contributed by atoms with E-state index in [0.717, 1.165) is 38.5 Å². The molecule has 0 radical (unpaired) electrons. The Morgan fingerprint density at radius 2 is 0.582 bits per heavy atom. The van der Waals surface area contributed by atoms with E-state index in [0.29, 0.717) is 19.4 Å². The van der Waals surface area contributed by atoms with Gasteiger partial charge in [-0.1, -0.05) is 386 Å². The molecule has 3 N–H and O–H groups in total. The highest BCUT2D eigenvalue weighted by Gasteiger charge is 2.18. The van der Waals surface area contributed by atoms with Gasteiger partial charge in [-0.05, 0) is 32.1 Å². The SMILES string of the molecule is CCCCCCCCCCCCCCCCCCCCCCCC/C=C/C(O)C(CO)NC(=O)CCCCCCCCCCCCCCCCCCCCCOC(=O)CCCCCCCCCCCCCCCCCCCCC. The van der Waals surface area contributed by atoms with Crippen molar-refractivity contribution in [3.63, 3.8) is 0 Å². The van der Waals surface area contributed by atoms with Crippen LogP contribution in [0.25, 0.3) is 0 Å². The second-order valence-electron chi connectivity index (χ2n) is 25.3. The van der Waals surface area contributed by atoms with E-state index in [1.54, 1.807) is 6.08 Å². The molecule has 0 aromatic rings. The number of allylic oxidation sites excluding steroid dienone is 1. The fourth-order valence-electron chi connectivity index (χ4n) is 11.8. The monoisotopic (exact) mass is 1110 g/mol. The van der Waals surface area contributed by atoms with Crippen LogP contribution in [0.15, 0.2) is 12.2 Å². The Hall–Kier alpha value is -1.40. The Balaban J connectivity index is 3.40. The quantitative estimate of drug-likeness (QED) is 0.0320. The summed E-state index contributed by atoms with van der Waals surface area (Å²) in [5.74, 6) is -0.0509. The van der Waals surface area contributed by atoms with Crippen molar-refractivity contribution in [2.45, 2.75) is 431 Å².